The summed E-state index contributed by atoms with van der Waals surface area (Å²) in [5.74, 6) is -0.751. The van der Waals surface area contributed by atoms with Crippen LogP contribution in [0.1, 0.15) is 25.5 Å². The van der Waals surface area contributed by atoms with Gasteiger partial charge in [-0.25, -0.2) is 18.2 Å². The van der Waals surface area contributed by atoms with Crippen LogP contribution in [0.15, 0.2) is 65.7 Å². The van der Waals surface area contributed by atoms with Gasteiger partial charge in [0.05, 0.1) is 17.1 Å². The fourth-order valence-electron chi connectivity index (χ4n) is 3.38. The monoisotopic (exact) mass is 457 g/mol. The molecule has 9 nitrogen and oxygen atoms in total. The Labute approximate surface area is 187 Å². The quantitative estimate of drug-likeness (QED) is 0.423. The summed E-state index contributed by atoms with van der Waals surface area (Å²) in [6.45, 7) is 4.46. The highest BCUT2D eigenvalue weighted by Crippen LogP contribution is 2.22. The number of benzene rings is 2. The maximum atomic E-state index is 11.8. The largest absolute Gasteiger partial charge is 0.480 e. The third kappa shape index (κ3) is 6.00. The second kappa shape index (κ2) is 10.0. The molecule has 1 unspecified atom stereocenters. The van der Waals surface area contributed by atoms with Crippen LogP contribution in [0.2, 0.25) is 0 Å². The van der Waals surface area contributed by atoms with Gasteiger partial charge in [-0.05, 0) is 30.0 Å². The van der Waals surface area contributed by atoms with Gasteiger partial charge in [0.2, 0.25) is 10.0 Å². The van der Waals surface area contributed by atoms with Crippen molar-refractivity contribution in [1.29, 1.82) is 0 Å². The molecule has 2 aromatic carbocycles. The van der Waals surface area contributed by atoms with Crippen molar-refractivity contribution in [2.24, 2.45) is 11.1 Å². The minimum atomic E-state index is -3.76. The number of carboxylic acid groups (broad SMARTS) is 1. The van der Waals surface area contributed by atoms with Crippen LogP contribution < -0.4 is 10.5 Å². The molecule has 0 bridgehead atoms. The number of hydrogen-bond donors (Lipinski definition) is 3. The second-order valence-electron chi connectivity index (χ2n) is 7.95. The molecule has 0 fully saturated rings. The van der Waals surface area contributed by atoms with E-state index in [4.69, 9.17) is 5.14 Å². The normalized spacial score (nSPS) is 13.8. The molecule has 1 aromatic heterocycles. The Bertz CT molecular complexity index is 1140. The number of carbonyl (C=O) groups is 1. The summed E-state index contributed by atoms with van der Waals surface area (Å²) in [4.78, 5) is 11.8. The number of nitrogens with zero attached hydrogens (tertiary/aromatic N) is 3. The molecule has 0 radical (unpaired) electrons. The van der Waals surface area contributed by atoms with Crippen LogP contribution in [0.4, 0.5) is 0 Å². The summed E-state index contributed by atoms with van der Waals surface area (Å²) < 4.78 is 24.6. The molecule has 3 aromatic rings. The predicted octanol–water partition coefficient (Wildman–Crippen LogP) is 2.08. The molecular formula is C22H27N5O4S. The van der Waals surface area contributed by atoms with Gasteiger partial charge in [-0.1, -0.05) is 61.5 Å². The average molecular weight is 458 g/mol. The van der Waals surface area contributed by atoms with E-state index in [0.29, 0.717) is 24.2 Å². The van der Waals surface area contributed by atoms with Crippen molar-refractivity contribution >= 4 is 16.0 Å². The van der Waals surface area contributed by atoms with Crippen molar-refractivity contribution in [3.8, 4) is 11.3 Å². The number of carboxylic acids is 1. The van der Waals surface area contributed by atoms with Crippen molar-refractivity contribution in [2.45, 2.75) is 37.2 Å². The smallest absolute Gasteiger partial charge is 0.321 e. The Hall–Kier alpha value is -3.08. The van der Waals surface area contributed by atoms with E-state index in [1.807, 2.05) is 44.2 Å². The maximum absolute atomic E-state index is 11.8. The van der Waals surface area contributed by atoms with Crippen LogP contribution in [-0.2, 0) is 21.2 Å². The minimum Gasteiger partial charge on any atom is -0.480 e. The Morgan fingerprint density at radius 1 is 1.12 bits per heavy atom. The maximum Gasteiger partial charge on any atom is 0.321 e. The number of nitrogens with one attached hydrogen (secondary N) is 1. The highest BCUT2D eigenvalue weighted by Gasteiger charge is 2.23. The Morgan fingerprint density at radius 2 is 1.78 bits per heavy atom. The fraction of sp³-hybridized carbons (Fsp3) is 0.318. The number of nitrogens with two attached hydrogens (primary N) is 1. The summed E-state index contributed by atoms with van der Waals surface area (Å²) in [6, 6.07) is 14.7. The summed E-state index contributed by atoms with van der Waals surface area (Å²) in [6.07, 6.45) is 2.14. The van der Waals surface area contributed by atoms with E-state index in [9.17, 15) is 18.3 Å². The number of rotatable bonds is 10. The highest BCUT2D eigenvalue weighted by molar-refractivity contribution is 7.89. The number of primary sulfonamides is 1. The highest BCUT2D eigenvalue weighted by atomic mass is 32.2. The Kier molecular flexibility index (Phi) is 7.39. The van der Waals surface area contributed by atoms with Gasteiger partial charge in [-0.3, -0.25) is 4.79 Å². The van der Waals surface area contributed by atoms with Crippen LogP contribution in [0.25, 0.3) is 11.3 Å². The third-order valence-corrected chi connectivity index (χ3v) is 6.18. The van der Waals surface area contributed by atoms with E-state index in [2.05, 4.69) is 15.6 Å². The second-order valence-corrected chi connectivity index (χ2v) is 9.51. The zero-order valence-electron chi connectivity index (χ0n) is 17.9. The van der Waals surface area contributed by atoms with E-state index in [0.717, 1.165) is 5.56 Å². The molecule has 0 aliphatic carbocycles. The first kappa shape index (κ1) is 23.6. The molecule has 0 saturated heterocycles. The van der Waals surface area contributed by atoms with Gasteiger partial charge in [0.25, 0.3) is 0 Å². The Balaban J connectivity index is 1.73. The zero-order valence-corrected chi connectivity index (χ0v) is 18.7. The average Bonchev–Trinajstić information content (AvgIpc) is 3.23. The number of aromatic nitrogens is 3. The van der Waals surface area contributed by atoms with Gasteiger partial charge in [0.15, 0.2) is 0 Å². The van der Waals surface area contributed by atoms with Crippen molar-refractivity contribution in [3.63, 3.8) is 0 Å². The van der Waals surface area contributed by atoms with Crippen LogP contribution in [0.3, 0.4) is 0 Å². The molecule has 2 atom stereocenters. The first-order valence-electron chi connectivity index (χ1n) is 10.2. The standard InChI is InChI=1S/C22H27N5O4S/c1-15(2)21(13-24-19(22(28)29)12-16-6-4-3-5-7-16)27-14-20(25-26-27)17-8-10-18(11-9-17)32(23,30)31/h3-11,14-15,19,21,24H,12-13H2,1-2H3,(H,28,29)(H2,23,30,31)/t19?,21-/m0/s1. The molecule has 10 heteroatoms. The van der Waals surface area contributed by atoms with Crippen molar-refractivity contribution in [1.82, 2.24) is 20.3 Å². The van der Waals surface area contributed by atoms with Crippen LogP contribution >= 0.6 is 0 Å². The van der Waals surface area contributed by atoms with E-state index in [-0.39, 0.29) is 16.9 Å². The zero-order chi connectivity index (χ0) is 23.3. The van der Waals surface area contributed by atoms with E-state index in [1.54, 1.807) is 23.0 Å². The van der Waals surface area contributed by atoms with Gasteiger partial charge in [-0.15, -0.1) is 5.10 Å². The van der Waals surface area contributed by atoms with Crippen LogP contribution in [-0.4, -0.2) is 47.1 Å². The van der Waals surface area contributed by atoms with Crippen molar-refractivity contribution < 1.29 is 18.3 Å². The van der Waals surface area contributed by atoms with E-state index < -0.39 is 22.0 Å². The van der Waals surface area contributed by atoms with Gasteiger partial charge < -0.3 is 10.4 Å². The molecule has 0 saturated carbocycles. The molecule has 0 aliphatic heterocycles. The van der Waals surface area contributed by atoms with Gasteiger partial charge >= 0.3 is 5.97 Å². The number of aliphatic carboxylic acids is 1. The van der Waals surface area contributed by atoms with Crippen LogP contribution in [0.5, 0.6) is 0 Å². The van der Waals surface area contributed by atoms with Crippen LogP contribution in [0, 0.1) is 5.92 Å². The van der Waals surface area contributed by atoms with Gasteiger partial charge in [-0.2, -0.15) is 0 Å². The lowest BCUT2D eigenvalue weighted by molar-refractivity contribution is -0.139. The Morgan fingerprint density at radius 3 is 2.34 bits per heavy atom. The summed E-state index contributed by atoms with van der Waals surface area (Å²) >= 11 is 0. The SMILES string of the molecule is CC(C)[C@H](CNC(Cc1ccccc1)C(=O)O)n1cc(-c2ccc(S(N)(=O)=O)cc2)nn1. The topological polar surface area (TPSA) is 140 Å². The lowest BCUT2D eigenvalue weighted by atomic mass is 10.0. The van der Waals surface area contributed by atoms with Gasteiger partial charge in [0.1, 0.15) is 11.7 Å². The van der Waals surface area contributed by atoms with Gasteiger partial charge in [0, 0.05) is 12.1 Å². The fourth-order valence-corrected chi connectivity index (χ4v) is 3.90. The molecule has 170 valence electrons. The lowest BCUT2D eigenvalue weighted by Gasteiger charge is -2.24. The number of sulfonamides is 1. The molecular weight excluding hydrogens is 430 g/mol. The van der Waals surface area contributed by atoms with Crippen molar-refractivity contribution in [2.75, 3.05) is 6.54 Å². The van der Waals surface area contributed by atoms with Crippen molar-refractivity contribution in [3.05, 3.63) is 66.4 Å². The molecule has 3 rings (SSSR count). The minimum absolute atomic E-state index is 0.0241. The number of hydrogen-bond acceptors (Lipinski definition) is 6. The molecule has 0 aliphatic rings. The lowest BCUT2D eigenvalue weighted by Crippen LogP contribution is -2.42. The van der Waals surface area contributed by atoms with E-state index >= 15 is 0 Å². The molecule has 4 N–H and O–H groups in total. The summed E-state index contributed by atoms with van der Waals surface area (Å²) in [5.41, 5.74) is 2.22. The molecule has 1 heterocycles. The summed E-state index contributed by atoms with van der Waals surface area (Å²) in [5, 5.41) is 26.4. The first-order chi connectivity index (χ1) is 15.1. The molecule has 0 spiro atoms. The summed E-state index contributed by atoms with van der Waals surface area (Å²) in [7, 11) is -3.76. The van der Waals surface area contributed by atoms with E-state index in [1.165, 1.54) is 12.1 Å². The third-order valence-electron chi connectivity index (χ3n) is 5.25. The predicted molar refractivity (Wildman–Crippen MR) is 120 cm³/mol. The first-order valence-corrected chi connectivity index (χ1v) is 11.7. The molecule has 32 heavy (non-hydrogen) atoms. The molecule has 0 amide bonds.